The van der Waals surface area contributed by atoms with Crippen LogP contribution >= 0.6 is 0 Å². The summed E-state index contributed by atoms with van der Waals surface area (Å²) in [5, 5.41) is 0. The second-order valence-corrected chi connectivity index (χ2v) is 5.23. The maximum Gasteiger partial charge on any atom is 0.222 e. The van der Waals surface area contributed by atoms with Crippen LogP contribution in [0.5, 0.6) is 0 Å². The summed E-state index contributed by atoms with van der Waals surface area (Å²) in [4.78, 5) is 13.9. The van der Waals surface area contributed by atoms with Gasteiger partial charge in [-0.05, 0) is 37.0 Å². The van der Waals surface area contributed by atoms with E-state index in [2.05, 4.69) is 18.7 Å². The van der Waals surface area contributed by atoms with Crippen molar-refractivity contribution < 1.29 is 4.79 Å². The lowest BCUT2D eigenvalue weighted by Crippen LogP contribution is -2.42. The third-order valence-corrected chi connectivity index (χ3v) is 3.85. The molecule has 2 rings (SSSR count). The Hall–Kier alpha value is -0.530. The van der Waals surface area contributed by atoms with Crippen molar-refractivity contribution in [3.63, 3.8) is 0 Å². The van der Waals surface area contributed by atoms with Crippen LogP contribution in [0.3, 0.4) is 0 Å². The van der Waals surface area contributed by atoms with Crippen LogP contribution in [-0.4, -0.2) is 23.9 Å². The van der Waals surface area contributed by atoms with Crippen molar-refractivity contribution in [1.29, 1.82) is 0 Å². The fourth-order valence-electron chi connectivity index (χ4n) is 2.19. The molecule has 0 aromatic heterocycles. The van der Waals surface area contributed by atoms with Gasteiger partial charge in [0.25, 0.3) is 0 Å². The Balaban J connectivity index is 1.82. The Kier molecular flexibility index (Phi) is 2.80. The molecule has 0 bridgehead atoms. The molecule has 0 unspecified atom stereocenters. The van der Waals surface area contributed by atoms with Crippen LogP contribution in [-0.2, 0) is 4.79 Å². The normalized spacial score (nSPS) is 33.1. The molecular formula is C12H21NO. The minimum absolute atomic E-state index is 0.409. The number of rotatable bonds is 2. The monoisotopic (exact) mass is 195 g/mol. The maximum absolute atomic E-state index is 11.8. The van der Waals surface area contributed by atoms with Gasteiger partial charge in [-0.3, -0.25) is 4.79 Å². The van der Waals surface area contributed by atoms with Gasteiger partial charge in [-0.15, -0.1) is 0 Å². The lowest BCUT2D eigenvalue weighted by Gasteiger charge is -2.35. The van der Waals surface area contributed by atoms with Gasteiger partial charge in [0.15, 0.2) is 0 Å². The first-order chi connectivity index (χ1) is 6.66. The molecule has 0 spiro atoms. The number of carbonyl (C=O) groups is 1. The van der Waals surface area contributed by atoms with Gasteiger partial charge >= 0.3 is 0 Å². The fourth-order valence-corrected chi connectivity index (χ4v) is 2.19. The molecule has 0 N–H and O–H groups in total. The SMILES string of the molecule is C[C@@H]1CCN(C(=O)CC2CC2)C[C@@H]1C. The maximum atomic E-state index is 11.8. The highest BCUT2D eigenvalue weighted by Crippen LogP contribution is 2.33. The summed E-state index contributed by atoms with van der Waals surface area (Å²) in [7, 11) is 0. The molecule has 2 aliphatic rings. The smallest absolute Gasteiger partial charge is 0.222 e. The van der Waals surface area contributed by atoms with Crippen LogP contribution in [0, 0.1) is 17.8 Å². The number of hydrogen-bond acceptors (Lipinski definition) is 1. The highest BCUT2D eigenvalue weighted by molar-refractivity contribution is 5.76. The van der Waals surface area contributed by atoms with Crippen LogP contribution in [0.15, 0.2) is 0 Å². The average Bonchev–Trinajstić information content (AvgIpc) is 2.93. The Morgan fingerprint density at radius 3 is 2.50 bits per heavy atom. The Labute approximate surface area is 86.7 Å². The zero-order valence-corrected chi connectivity index (χ0v) is 9.33. The van der Waals surface area contributed by atoms with E-state index in [0.29, 0.717) is 11.8 Å². The molecule has 2 fully saturated rings. The van der Waals surface area contributed by atoms with Crippen molar-refractivity contribution in [2.75, 3.05) is 13.1 Å². The lowest BCUT2D eigenvalue weighted by molar-refractivity contribution is -0.133. The van der Waals surface area contributed by atoms with E-state index in [1.165, 1.54) is 19.3 Å². The van der Waals surface area contributed by atoms with Crippen molar-refractivity contribution in [3.05, 3.63) is 0 Å². The summed E-state index contributed by atoms with van der Waals surface area (Å²) in [6, 6.07) is 0. The molecule has 14 heavy (non-hydrogen) atoms. The zero-order valence-electron chi connectivity index (χ0n) is 9.33. The van der Waals surface area contributed by atoms with Gasteiger partial charge < -0.3 is 4.90 Å². The van der Waals surface area contributed by atoms with Crippen molar-refractivity contribution in [2.24, 2.45) is 17.8 Å². The lowest BCUT2D eigenvalue weighted by atomic mass is 9.88. The summed E-state index contributed by atoms with van der Waals surface area (Å²) in [6.07, 6.45) is 4.58. The molecular weight excluding hydrogens is 174 g/mol. The Bertz CT molecular complexity index is 222. The molecule has 1 saturated carbocycles. The third-order valence-electron chi connectivity index (χ3n) is 3.85. The van der Waals surface area contributed by atoms with Crippen LogP contribution < -0.4 is 0 Å². The molecule has 1 aliphatic heterocycles. The van der Waals surface area contributed by atoms with E-state index in [9.17, 15) is 4.79 Å². The predicted molar refractivity (Wildman–Crippen MR) is 56.9 cm³/mol. The van der Waals surface area contributed by atoms with Crippen molar-refractivity contribution in [1.82, 2.24) is 4.90 Å². The van der Waals surface area contributed by atoms with Crippen molar-refractivity contribution >= 4 is 5.91 Å². The standard InChI is InChI=1S/C12H21NO/c1-9-5-6-13(8-10(9)2)12(14)7-11-3-4-11/h9-11H,3-8H2,1-2H3/t9-,10+/m1/s1. The summed E-state index contributed by atoms with van der Waals surface area (Å²) in [5.74, 6) is 2.62. The van der Waals surface area contributed by atoms with Crippen LogP contribution in [0.4, 0.5) is 0 Å². The van der Waals surface area contributed by atoms with Gasteiger partial charge in [0.1, 0.15) is 0 Å². The van der Waals surface area contributed by atoms with Gasteiger partial charge in [0, 0.05) is 19.5 Å². The van der Waals surface area contributed by atoms with Gasteiger partial charge in [-0.2, -0.15) is 0 Å². The molecule has 0 aromatic rings. The molecule has 1 aliphatic carbocycles. The summed E-state index contributed by atoms with van der Waals surface area (Å²) in [5.41, 5.74) is 0. The zero-order chi connectivity index (χ0) is 10.1. The number of hydrogen-bond donors (Lipinski definition) is 0. The van der Waals surface area contributed by atoms with Gasteiger partial charge in [-0.1, -0.05) is 13.8 Å². The van der Waals surface area contributed by atoms with Crippen molar-refractivity contribution in [3.8, 4) is 0 Å². The van der Waals surface area contributed by atoms with E-state index in [1.54, 1.807) is 0 Å². The first kappa shape index (κ1) is 10.0. The largest absolute Gasteiger partial charge is 0.342 e. The second-order valence-electron chi connectivity index (χ2n) is 5.23. The molecule has 80 valence electrons. The molecule has 2 heteroatoms. The highest BCUT2D eigenvalue weighted by Gasteiger charge is 2.30. The molecule has 2 nitrogen and oxygen atoms in total. The minimum atomic E-state index is 0.409. The van der Waals surface area contributed by atoms with E-state index >= 15 is 0 Å². The number of likely N-dealkylation sites (tertiary alicyclic amines) is 1. The van der Waals surface area contributed by atoms with E-state index in [0.717, 1.165) is 31.3 Å². The summed E-state index contributed by atoms with van der Waals surface area (Å²) >= 11 is 0. The third kappa shape index (κ3) is 2.28. The molecule has 0 radical (unpaired) electrons. The van der Waals surface area contributed by atoms with Crippen LogP contribution in [0.1, 0.15) is 39.5 Å². The van der Waals surface area contributed by atoms with Gasteiger partial charge in [-0.25, -0.2) is 0 Å². The minimum Gasteiger partial charge on any atom is -0.342 e. The van der Waals surface area contributed by atoms with E-state index in [-0.39, 0.29) is 0 Å². The van der Waals surface area contributed by atoms with Crippen LogP contribution in [0.25, 0.3) is 0 Å². The summed E-state index contributed by atoms with van der Waals surface area (Å²) < 4.78 is 0. The quantitative estimate of drug-likeness (QED) is 0.662. The van der Waals surface area contributed by atoms with Crippen molar-refractivity contribution in [2.45, 2.75) is 39.5 Å². The van der Waals surface area contributed by atoms with Crippen LogP contribution in [0.2, 0.25) is 0 Å². The first-order valence-corrected chi connectivity index (χ1v) is 5.94. The average molecular weight is 195 g/mol. The Morgan fingerprint density at radius 2 is 1.93 bits per heavy atom. The number of carbonyl (C=O) groups excluding carboxylic acids is 1. The first-order valence-electron chi connectivity index (χ1n) is 5.94. The highest BCUT2D eigenvalue weighted by atomic mass is 16.2. The molecule has 1 saturated heterocycles. The summed E-state index contributed by atoms with van der Waals surface area (Å²) in [6.45, 7) is 6.55. The molecule has 1 heterocycles. The predicted octanol–water partition coefficient (Wildman–Crippen LogP) is 2.29. The Morgan fingerprint density at radius 1 is 1.21 bits per heavy atom. The molecule has 2 atom stereocenters. The van der Waals surface area contributed by atoms with E-state index < -0.39 is 0 Å². The van der Waals surface area contributed by atoms with Gasteiger partial charge in [0.2, 0.25) is 5.91 Å². The number of nitrogens with zero attached hydrogens (tertiary/aromatic N) is 1. The fraction of sp³-hybridized carbons (Fsp3) is 0.917. The van der Waals surface area contributed by atoms with E-state index in [1.807, 2.05) is 0 Å². The van der Waals surface area contributed by atoms with Gasteiger partial charge in [0.05, 0.1) is 0 Å². The number of amides is 1. The van der Waals surface area contributed by atoms with E-state index in [4.69, 9.17) is 0 Å². The topological polar surface area (TPSA) is 20.3 Å². The number of piperidine rings is 1. The molecule has 1 amide bonds. The second kappa shape index (κ2) is 3.92. The molecule has 0 aromatic carbocycles.